The van der Waals surface area contributed by atoms with Crippen molar-refractivity contribution in [1.29, 1.82) is 0 Å². The van der Waals surface area contributed by atoms with Crippen molar-refractivity contribution >= 4 is 11.9 Å². The Hall–Kier alpha value is -1.52. The zero-order valence-electron chi connectivity index (χ0n) is 9.69. The molecule has 0 aliphatic rings. The van der Waals surface area contributed by atoms with Crippen LogP contribution < -0.4 is 0 Å². The van der Waals surface area contributed by atoms with Gasteiger partial charge in [0.1, 0.15) is 0 Å². The van der Waals surface area contributed by atoms with Crippen LogP contribution in [-0.2, 0) is 19.1 Å². The number of carboxylic acid groups (broad SMARTS) is 1. The number of allylic oxidation sites excluding steroid dienone is 1. The highest BCUT2D eigenvalue weighted by atomic mass is 16.5. The minimum absolute atomic E-state index is 0.0792. The lowest BCUT2D eigenvalue weighted by Gasteiger charge is -2.04. The average Bonchev–Trinajstić information content (AvgIpc) is 2.19. The first-order chi connectivity index (χ1) is 7.52. The smallest absolute Gasteiger partial charge is 0.306 e. The number of carbonyl (C=O) groups excluding carboxylic acids is 1. The van der Waals surface area contributed by atoms with Crippen LogP contribution in [0, 0.1) is 0 Å². The molecule has 0 saturated carbocycles. The van der Waals surface area contributed by atoms with E-state index in [0.29, 0.717) is 13.0 Å². The highest BCUT2D eigenvalue weighted by Crippen LogP contribution is 1.95. The summed E-state index contributed by atoms with van der Waals surface area (Å²) < 4.78 is 9.92. The fraction of sp³-hybridized carbons (Fsp3) is 0.636. The van der Waals surface area contributed by atoms with E-state index in [1.54, 1.807) is 6.26 Å². The molecule has 0 aliphatic heterocycles. The molecule has 0 aromatic heterocycles. The number of carboxylic acids is 1. The molecular formula is C11H18O5. The van der Waals surface area contributed by atoms with Crippen LogP contribution in [0.4, 0.5) is 0 Å². The fourth-order valence-electron chi connectivity index (χ4n) is 0.835. The Labute approximate surface area is 95.0 Å². The topological polar surface area (TPSA) is 72.8 Å². The molecule has 0 bridgehead atoms. The van der Waals surface area contributed by atoms with E-state index < -0.39 is 11.9 Å². The molecule has 0 atom stereocenters. The van der Waals surface area contributed by atoms with Crippen molar-refractivity contribution in [2.75, 3.05) is 13.2 Å². The molecule has 1 N–H and O–H groups in total. The lowest BCUT2D eigenvalue weighted by atomic mass is 10.3. The molecule has 0 aromatic carbocycles. The van der Waals surface area contributed by atoms with Gasteiger partial charge in [0, 0.05) is 6.42 Å². The highest BCUT2D eigenvalue weighted by molar-refractivity contribution is 5.76. The molecule has 0 heterocycles. The van der Waals surface area contributed by atoms with Crippen LogP contribution in [0.5, 0.6) is 0 Å². The third kappa shape index (κ3) is 10.6. The predicted octanol–water partition coefficient (Wildman–Crippen LogP) is 1.72. The maximum absolute atomic E-state index is 11.0. The zero-order chi connectivity index (χ0) is 12.4. The second-order valence-electron chi connectivity index (χ2n) is 3.53. The Morgan fingerprint density at radius 2 is 1.88 bits per heavy atom. The summed E-state index contributed by atoms with van der Waals surface area (Å²) in [7, 11) is 0. The molecule has 16 heavy (non-hydrogen) atoms. The van der Waals surface area contributed by atoms with Crippen LogP contribution in [0.15, 0.2) is 11.8 Å². The first kappa shape index (κ1) is 14.5. The van der Waals surface area contributed by atoms with Gasteiger partial charge in [-0.25, -0.2) is 0 Å². The van der Waals surface area contributed by atoms with Gasteiger partial charge < -0.3 is 14.6 Å². The van der Waals surface area contributed by atoms with E-state index in [-0.39, 0.29) is 19.4 Å². The fourth-order valence-corrected chi connectivity index (χ4v) is 0.835. The second kappa shape index (κ2) is 8.76. The van der Waals surface area contributed by atoms with Gasteiger partial charge in [-0.1, -0.05) is 0 Å². The Kier molecular flexibility index (Phi) is 7.93. The van der Waals surface area contributed by atoms with Gasteiger partial charge in [-0.2, -0.15) is 0 Å². The number of aliphatic carboxylic acids is 1. The van der Waals surface area contributed by atoms with Gasteiger partial charge in [-0.15, -0.1) is 0 Å². The van der Waals surface area contributed by atoms with Gasteiger partial charge in [0.15, 0.2) is 0 Å². The minimum atomic E-state index is -0.996. The molecule has 0 rings (SSSR count). The summed E-state index contributed by atoms with van der Waals surface area (Å²) in [5.41, 5.74) is 1.07. The molecule has 5 heteroatoms. The third-order valence-corrected chi connectivity index (χ3v) is 1.53. The van der Waals surface area contributed by atoms with E-state index in [2.05, 4.69) is 0 Å². The standard InChI is InChI=1S/C11H18O5/c1-9(2)8-15-6-3-7-16-11(14)5-4-10(12)13/h8H,3-7H2,1-2H3,(H,12,13). The van der Waals surface area contributed by atoms with Gasteiger partial charge >= 0.3 is 11.9 Å². The van der Waals surface area contributed by atoms with Crippen molar-refractivity contribution in [2.45, 2.75) is 33.1 Å². The number of carbonyl (C=O) groups is 2. The normalized spacial score (nSPS) is 9.38. The number of rotatable bonds is 8. The molecule has 0 fully saturated rings. The van der Waals surface area contributed by atoms with Crippen LogP contribution in [-0.4, -0.2) is 30.3 Å². The van der Waals surface area contributed by atoms with Gasteiger partial charge in [0.05, 0.1) is 32.3 Å². The average molecular weight is 230 g/mol. The van der Waals surface area contributed by atoms with Crippen LogP contribution >= 0.6 is 0 Å². The first-order valence-electron chi connectivity index (χ1n) is 5.14. The van der Waals surface area contributed by atoms with Gasteiger partial charge in [-0.05, 0) is 19.4 Å². The number of hydrogen-bond acceptors (Lipinski definition) is 4. The number of esters is 1. The van der Waals surface area contributed by atoms with E-state index >= 15 is 0 Å². The predicted molar refractivity (Wildman–Crippen MR) is 57.8 cm³/mol. The minimum Gasteiger partial charge on any atom is -0.501 e. The molecule has 0 saturated heterocycles. The molecule has 0 spiro atoms. The largest absolute Gasteiger partial charge is 0.501 e. The summed E-state index contributed by atoms with van der Waals surface area (Å²) in [5.74, 6) is -1.48. The number of ether oxygens (including phenoxy) is 2. The molecule has 5 nitrogen and oxygen atoms in total. The van der Waals surface area contributed by atoms with E-state index in [1.807, 2.05) is 13.8 Å². The van der Waals surface area contributed by atoms with Crippen molar-refractivity contribution in [2.24, 2.45) is 0 Å². The summed E-state index contributed by atoms with van der Waals surface area (Å²) >= 11 is 0. The Morgan fingerprint density at radius 1 is 1.19 bits per heavy atom. The SMILES string of the molecule is CC(C)=COCCCOC(=O)CCC(=O)O. The second-order valence-corrected chi connectivity index (χ2v) is 3.53. The van der Waals surface area contributed by atoms with Crippen molar-refractivity contribution in [1.82, 2.24) is 0 Å². The number of hydrogen-bond donors (Lipinski definition) is 1. The molecule has 0 aromatic rings. The van der Waals surface area contributed by atoms with Crippen molar-refractivity contribution < 1.29 is 24.2 Å². The maximum Gasteiger partial charge on any atom is 0.306 e. The van der Waals surface area contributed by atoms with Gasteiger partial charge in [-0.3, -0.25) is 9.59 Å². The summed E-state index contributed by atoms with van der Waals surface area (Å²) in [6, 6.07) is 0. The summed E-state index contributed by atoms with van der Waals surface area (Å²) in [6.07, 6.45) is 1.98. The monoisotopic (exact) mass is 230 g/mol. The highest BCUT2D eigenvalue weighted by Gasteiger charge is 2.05. The molecule has 0 aliphatic carbocycles. The van der Waals surface area contributed by atoms with Crippen LogP contribution in [0.1, 0.15) is 33.1 Å². The van der Waals surface area contributed by atoms with Gasteiger partial charge in [0.25, 0.3) is 0 Å². The summed E-state index contributed by atoms with van der Waals surface area (Å²) in [5, 5.41) is 8.32. The van der Waals surface area contributed by atoms with E-state index in [9.17, 15) is 9.59 Å². The van der Waals surface area contributed by atoms with Crippen LogP contribution in [0.25, 0.3) is 0 Å². The quantitative estimate of drug-likeness (QED) is 0.390. The van der Waals surface area contributed by atoms with Crippen molar-refractivity contribution in [3.05, 3.63) is 11.8 Å². The summed E-state index contributed by atoms with van der Waals surface area (Å²) in [4.78, 5) is 21.1. The molecular weight excluding hydrogens is 212 g/mol. The van der Waals surface area contributed by atoms with E-state index in [1.165, 1.54) is 0 Å². The molecule has 0 unspecified atom stereocenters. The lowest BCUT2D eigenvalue weighted by Crippen LogP contribution is -2.09. The first-order valence-corrected chi connectivity index (χ1v) is 5.14. The Balaban J connectivity index is 3.34. The van der Waals surface area contributed by atoms with Gasteiger partial charge in [0.2, 0.25) is 0 Å². The van der Waals surface area contributed by atoms with E-state index in [4.69, 9.17) is 14.6 Å². The Morgan fingerprint density at radius 3 is 2.44 bits per heavy atom. The lowest BCUT2D eigenvalue weighted by molar-refractivity contribution is -0.147. The van der Waals surface area contributed by atoms with E-state index in [0.717, 1.165) is 5.57 Å². The summed E-state index contributed by atoms with van der Waals surface area (Å²) in [6.45, 7) is 4.59. The van der Waals surface area contributed by atoms with Crippen molar-refractivity contribution in [3.63, 3.8) is 0 Å². The van der Waals surface area contributed by atoms with Crippen LogP contribution in [0.2, 0.25) is 0 Å². The third-order valence-electron chi connectivity index (χ3n) is 1.53. The maximum atomic E-state index is 11.0. The molecule has 0 radical (unpaired) electrons. The zero-order valence-corrected chi connectivity index (χ0v) is 9.69. The van der Waals surface area contributed by atoms with Crippen LogP contribution in [0.3, 0.4) is 0 Å². The molecule has 92 valence electrons. The van der Waals surface area contributed by atoms with Crippen molar-refractivity contribution in [3.8, 4) is 0 Å². The molecule has 0 amide bonds. The Bertz CT molecular complexity index is 253.